The van der Waals surface area contributed by atoms with Crippen molar-refractivity contribution in [1.29, 1.82) is 0 Å². The average molecular weight is 292 g/mol. The molecule has 7 heteroatoms. The van der Waals surface area contributed by atoms with Gasteiger partial charge in [-0.25, -0.2) is 9.78 Å². The van der Waals surface area contributed by atoms with Crippen LogP contribution in [0.15, 0.2) is 22.8 Å². The van der Waals surface area contributed by atoms with Crippen LogP contribution in [0, 0.1) is 6.92 Å². The molecular weight excluding hydrogens is 276 g/mol. The van der Waals surface area contributed by atoms with Crippen molar-refractivity contribution in [2.75, 3.05) is 19.5 Å². The minimum Gasteiger partial charge on any atom is -0.493 e. The smallest absolute Gasteiger partial charge is 0.335 e. The molecule has 1 heterocycles. The summed E-state index contributed by atoms with van der Waals surface area (Å²) in [5.74, 6) is 0.203. The van der Waals surface area contributed by atoms with Crippen molar-refractivity contribution in [2.24, 2.45) is 0 Å². The first kappa shape index (κ1) is 14.7. The summed E-state index contributed by atoms with van der Waals surface area (Å²) in [5, 5.41) is 12.2. The van der Waals surface area contributed by atoms with Crippen LogP contribution >= 0.6 is 0 Å². The monoisotopic (exact) mass is 292 g/mol. The molecule has 0 amide bonds. The first-order valence-electron chi connectivity index (χ1n) is 6.19. The second kappa shape index (κ2) is 6.17. The molecule has 7 nitrogen and oxygen atoms in total. The van der Waals surface area contributed by atoms with Gasteiger partial charge in [-0.1, -0.05) is 0 Å². The van der Waals surface area contributed by atoms with Crippen molar-refractivity contribution < 1.29 is 23.8 Å². The number of oxazole rings is 1. The second-order valence-electron chi connectivity index (χ2n) is 4.30. The van der Waals surface area contributed by atoms with E-state index in [9.17, 15) is 4.79 Å². The van der Waals surface area contributed by atoms with Gasteiger partial charge in [-0.3, -0.25) is 0 Å². The third-order valence-corrected chi connectivity index (χ3v) is 2.82. The molecule has 0 aliphatic rings. The Morgan fingerprint density at radius 3 is 2.67 bits per heavy atom. The molecule has 2 rings (SSSR count). The van der Waals surface area contributed by atoms with Gasteiger partial charge in [0.2, 0.25) is 5.89 Å². The van der Waals surface area contributed by atoms with E-state index in [1.807, 2.05) is 6.92 Å². The number of carboxylic acid groups (broad SMARTS) is 1. The SMILES string of the molecule is COc1cc(C(=O)O)cc(NCc2nc(C)co2)c1OC. The number of rotatable bonds is 6. The fraction of sp³-hybridized carbons (Fsp3) is 0.286. The molecule has 0 atom stereocenters. The van der Waals surface area contributed by atoms with E-state index < -0.39 is 5.97 Å². The van der Waals surface area contributed by atoms with Crippen molar-refractivity contribution in [1.82, 2.24) is 4.98 Å². The number of benzene rings is 1. The third-order valence-electron chi connectivity index (χ3n) is 2.82. The molecule has 0 unspecified atom stereocenters. The topological polar surface area (TPSA) is 93.8 Å². The van der Waals surface area contributed by atoms with Crippen LogP contribution in [0.1, 0.15) is 21.9 Å². The van der Waals surface area contributed by atoms with Gasteiger partial charge in [-0.15, -0.1) is 0 Å². The highest BCUT2D eigenvalue weighted by Gasteiger charge is 2.16. The van der Waals surface area contributed by atoms with E-state index in [1.54, 1.807) is 6.26 Å². The molecule has 0 spiro atoms. The molecule has 0 saturated carbocycles. The molecule has 1 aromatic carbocycles. The van der Waals surface area contributed by atoms with Gasteiger partial charge < -0.3 is 24.3 Å². The number of aromatic carboxylic acids is 1. The maximum absolute atomic E-state index is 11.1. The van der Waals surface area contributed by atoms with Crippen LogP contribution in [0.2, 0.25) is 0 Å². The molecule has 2 N–H and O–H groups in total. The summed E-state index contributed by atoms with van der Waals surface area (Å²) < 4.78 is 15.7. The molecule has 0 aliphatic heterocycles. The number of ether oxygens (including phenoxy) is 2. The summed E-state index contributed by atoms with van der Waals surface area (Å²) in [6.45, 7) is 2.12. The van der Waals surface area contributed by atoms with Crippen LogP contribution in [0.25, 0.3) is 0 Å². The number of nitrogens with one attached hydrogen (secondary N) is 1. The number of nitrogens with zero attached hydrogens (tertiary/aromatic N) is 1. The summed E-state index contributed by atoms with van der Waals surface area (Å²) in [6, 6.07) is 2.88. The van der Waals surface area contributed by atoms with E-state index in [0.717, 1.165) is 5.69 Å². The van der Waals surface area contributed by atoms with Gasteiger partial charge in [0.1, 0.15) is 6.26 Å². The Hall–Kier alpha value is -2.70. The molecule has 2 aromatic rings. The highest BCUT2D eigenvalue weighted by Crippen LogP contribution is 2.36. The van der Waals surface area contributed by atoms with Crippen molar-refractivity contribution in [3.05, 3.63) is 35.5 Å². The molecule has 1 aromatic heterocycles. The Morgan fingerprint density at radius 1 is 1.38 bits per heavy atom. The van der Waals surface area contributed by atoms with Gasteiger partial charge in [0, 0.05) is 0 Å². The third kappa shape index (κ3) is 3.25. The van der Waals surface area contributed by atoms with Gasteiger partial charge >= 0.3 is 5.97 Å². The lowest BCUT2D eigenvalue weighted by molar-refractivity contribution is 0.0696. The Bertz CT molecular complexity index is 651. The van der Waals surface area contributed by atoms with E-state index in [2.05, 4.69) is 10.3 Å². The van der Waals surface area contributed by atoms with Crippen LogP contribution in [0.3, 0.4) is 0 Å². The lowest BCUT2D eigenvalue weighted by Crippen LogP contribution is -2.06. The molecule has 0 radical (unpaired) electrons. The lowest BCUT2D eigenvalue weighted by atomic mass is 10.1. The molecular formula is C14H16N2O5. The summed E-state index contributed by atoms with van der Waals surface area (Å²) >= 11 is 0. The Labute approximate surface area is 121 Å². The number of aromatic nitrogens is 1. The van der Waals surface area contributed by atoms with Gasteiger partial charge in [0.05, 0.1) is 37.7 Å². The standard InChI is InChI=1S/C14H16N2O5/c1-8-7-21-12(16-8)6-15-10-4-9(14(17)18)5-11(19-2)13(10)20-3/h4-5,7,15H,6H2,1-3H3,(H,17,18). The molecule has 112 valence electrons. The van der Waals surface area contributed by atoms with Crippen LogP contribution in [-0.4, -0.2) is 30.3 Å². The summed E-state index contributed by atoms with van der Waals surface area (Å²) in [6.07, 6.45) is 1.54. The Balaban J connectivity index is 2.31. The molecule has 0 saturated heterocycles. The Morgan fingerprint density at radius 2 is 2.14 bits per heavy atom. The van der Waals surface area contributed by atoms with Crippen LogP contribution in [0.5, 0.6) is 11.5 Å². The number of hydrogen-bond acceptors (Lipinski definition) is 6. The van der Waals surface area contributed by atoms with Gasteiger partial charge in [-0.05, 0) is 19.1 Å². The normalized spacial score (nSPS) is 10.2. The number of anilines is 1. The van der Waals surface area contributed by atoms with Crippen molar-refractivity contribution in [2.45, 2.75) is 13.5 Å². The van der Waals surface area contributed by atoms with E-state index in [-0.39, 0.29) is 5.56 Å². The molecule has 0 aliphatic carbocycles. The van der Waals surface area contributed by atoms with E-state index in [0.29, 0.717) is 29.6 Å². The fourth-order valence-electron chi connectivity index (χ4n) is 1.87. The van der Waals surface area contributed by atoms with E-state index in [4.69, 9.17) is 19.0 Å². The number of aryl methyl sites for hydroxylation is 1. The van der Waals surface area contributed by atoms with Crippen molar-refractivity contribution in [3.63, 3.8) is 0 Å². The number of carbonyl (C=O) groups is 1. The maximum atomic E-state index is 11.1. The van der Waals surface area contributed by atoms with Crippen molar-refractivity contribution >= 4 is 11.7 Å². The van der Waals surface area contributed by atoms with Gasteiger partial charge in [-0.2, -0.15) is 0 Å². The van der Waals surface area contributed by atoms with Crippen LogP contribution in [0.4, 0.5) is 5.69 Å². The first-order valence-corrected chi connectivity index (χ1v) is 6.19. The number of hydrogen-bond donors (Lipinski definition) is 2. The highest BCUT2D eigenvalue weighted by atomic mass is 16.5. The minimum absolute atomic E-state index is 0.0961. The van der Waals surface area contributed by atoms with E-state index >= 15 is 0 Å². The molecule has 0 bridgehead atoms. The van der Waals surface area contributed by atoms with Crippen LogP contribution < -0.4 is 14.8 Å². The minimum atomic E-state index is -1.05. The second-order valence-corrected chi connectivity index (χ2v) is 4.30. The summed E-state index contributed by atoms with van der Waals surface area (Å²) in [4.78, 5) is 15.3. The summed E-state index contributed by atoms with van der Waals surface area (Å²) in [7, 11) is 2.93. The van der Waals surface area contributed by atoms with Crippen LogP contribution in [-0.2, 0) is 6.54 Å². The fourth-order valence-corrected chi connectivity index (χ4v) is 1.87. The highest BCUT2D eigenvalue weighted by molar-refractivity contribution is 5.90. The largest absolute Gasteiger partial charge is 0.493 e. The van der Waals surface area contributed by atoms with E-state index in [1.165, 1.54) is 26.4 Å². The maximum Gasteiger partial charge on any atom is 0.335 e. The lowest BCUT2D eigenvalue weighted by Gasteiger charge is -2.14. The predicted octanol–water partition coefficient (Wildman–Crippen LogP) is 2.31. The van der Waals surface area contributed by atoms with Gasteiger partial charge in [0.15, 0.2) is 11.5 Å². The number of methoxy groups -OCH3 is 2. The summed E-state index contributed by atoms with van der Waals surface area (Å²) in [5.41, 5.74) is 1.36. The average Bonchev–Trinajstić information content (AvgIpc) is 2.89. The zero-order valence-electron chi connectivity index (χ0n) is 12.0. The Kier molecular flexibility index (Phi) is 4.32. The van der Waals surface area contributed by atoms with Crippen molar-refractivity contribution in [3.8, 4) is 11.5 Å². The first-order chi connectivity index (χ1) is 10.0. The zero-order chi connectivity index (χ0) is 15.4. The molecule has 0 fully saturated rings. The zero-order valence-corrected chi connectivity index (χ0v) is 12.0. The quantitative estimate of drug-likeness (QED) is 0.843. The van der Waals surface area contributed by atoms with Gasteiger partial charge in [0.25, 0.3) is 0 Å². The number of carboxylic acids is 1. The molecule has 21 heavy (non-hydrogen) atoms. The predicted molar refractivity (Wildman–Crippen MR) is 75.1 cm³/mol.